The first-order chi connectivity index (χ1) is 8.60. The molecular weight excluding hydrogens is 228 g/mol. The number of aliphatic hydroxyl groups is 1. The van der Waals surface area contributed by atoms with E-state index in [2.05, 4.69) is 4.98 Å². The van der Waals surface area contributed by atoms with E-state index >= 15 is 0 Å². The lowest BCUT2D eigenvalue weighted by atomic mass is 9.87. The Bertz CT molecular complexity index is 608. The highest BCUT2D eigenvalue weighted by atomic mass is 16.5. The van der Waals surface area contributed by atoms with E-state index in [0.29, 0.717) is 6.42 Å². The fraction of sp³-hybridized carbons (Fsp3) is 0.357. The van der Waals surface area contributed by atoms with E-state index in [1.54, 1.807) is 7.11 Å². The zero-order valence-corrected chi connectivity index (χ0v) is 10.3. The predicted molar refractivity (Wildman–Crippen MR) is 69.3 cm³/mol. The fourth-order valence-corrected chi connectivity index (χ4v) is 2.54. The van der Waals surface area contributed by atoms with Gasteiger partial charge in [-0.15, -0.1) is 0 Å². The second-order valence-corrected chi connectivity index (χ2v) is 4.82. The molecule has 3 N–H and O–H groups in total. The number of aryl methyl sites for hydroxylation is 1. The van der Waals surface area contributed by atoms with Crippen molar-refractivity contribution in [3.63, 3.8) is 0 Å². The molecule has 0 spiro atoms. The molecule has 0 saturated carbocycles. The van der Waals surface area contributed by atoms with Crippen LogP contribution in [0.2, 0.25) is 0 Å². The number of hydrogen-bond donors (Lipinski definition) is 2. The van der Waals surface area contributed by atoms with Crippen LogP contribution < -0.4 is 10.5 Å². The van der Waals surface area contributed by atoms with Gasteiger partial charge in [-0.2, -0.15) is 0 Å². The van der Waals surface area contributed by atoms with Crippen molar-refractivity contribution >= 4 is 10.9 Å². The molecule has 1 unspecified atom stereocenters. The van der Waals surface area contributed by atoms with Gasteiger partial charge >= 0.3 is 0 Å². The Morgan fingerprint density at radius 2 is 2.22 bits per heavy atom. The maximum Gasteiger partial charge on any atom is 0.141 e. The maximum absolute atomic E-state index is 10.2. The Morgan fingerprint density at radius 3 is 3.00 bits per heavy atom. The first-order valence-electron chi connectivity index (χ1n) is 6.09. The van der Waals surface area contributed by atoms with E-state index in [-0.39, 0.29) is 0 Å². The Kier molecular flexibility index (Phi) is 2.50. The van der Waals surface area contributed by atoms with Crippen LogP contribution in [0.25, 0.3) is 10.9 Å². The lowest BCUT2D eigenvalue weighted by molar-refractivity contribution is 0.0249. The number of aromatic nitrogens is 1. The van der Waals surface area contributed by atoms with Crippen LogP contribution in [0.4, 0.5) is 0 Å². The Morgan fingerprint density at radius 1 is 1.39 bits per heavy atom. The number of benzene rings is 1. The first kappa shape index (κ1) is 11.4. The SMILES string of the molecule is COc1ccc2cc3c(nc2c1)CCCC3(N)O. The second-order valence-electron chi connectivity index (χ2n) is 4.82. The molecule has 2 aromatic rings. The van der Waals surface area contributed by atoms with Crippen molar-refractivity contribution in [2.45, 2.75) is 25.0 Å². The minimum Gasteiger partial charge on any atom is -0.497 e. The molecule has 94 valence electrons. The monoisotopic (exact) mass is 244 g/mol. The summed E-state index contributed by atoms with van der Waals surface area (Å²) in [7, 11) is 1.64. The van der Waals surface area contributed by atoms with Gasteiger partial charge in [0.1, 0.15) is 11.5 Å². The number of rotatable bonds is 1. The van der Waals surface area contributed by atoms with Crippen LogP contribution in [0.5, 0.6) is 5.75 Å². The Hall–Kier alpha value is -1.65. The molecule has 1 aliphatic carbocycles. The van der Waals surface area contributed by atoms with Crippen molar-refractivity contribution in [3.8, 4) is 5.75 Å². The highest BCUT2D eigenvalue weighted by molar-refractivity contribution is 5.81. The summed E-state index contributed by atoms with van der Waals surface area (Å²) in [6, 6.07) is 7.66. The summed E-state index contributed by atoms with van der Waals surface area (Å²) >= 11 is 0. The minimum atomic E-state index is -1.24. The van der Waals surface area contributed by atoms with E-state index in [0.717, 1.165) is 40.8 Å². The minimum absolute atomic E-state index is 0.587. The topological polar surface area (TPSA) is 68.4 Å². The predicted octanol–water partition coefficient (Wildman–Crippen LogP) is 1.68. The van der Waals surface area contributed by atoms with Crippen molar-refractivity contribution < 1.29 is 9.84 Å². The number of nitrogens with zero attached hydrogens (tertiary/aromatic N) is 1. The normalized spacial score (nSPS) is 22.8. The molecule has 4 nitrogen and oxygen atoms in total. The van der Waals surface area contributed by atoms with Gasteiger partial charge in [0, 0.05) is 22.7 Å². The molecule has 18 heavy (non-hydrogen) atoms. The number of methoxy groups -OCH3 is 1. The standard InChI is InChI=1S/C14H16N2O2/c1-18-10-5-4-9-7-11-12(16-13(9)8-10)3-2-6-14(11,15)17/h4-5,7-8,17H,2-3,6,15H2,1H3. The summed E-state index contributed by atoms with van der Waals surface area (Å²) in [6.45, 7) is 0. The van der Waals surface area contributed by atoms with Crippen molar-refractivity contribution in [2.75, 3.05) is 7.11 Å². The lowest BCUT2D eigenvalue weighted by Crippen LogP contribution is -2.40. The summed E-state index contributed by atoms with van der Waals surface area (Å²) in [5, 5.41) is 11.2. The second kappa shape index (κ2) is 3.93. The van der Waals surface area contributed by atoms with Crippen LogP contribution in [-0.2, 0) is 12.1 Å². The van der Waals surface area contributed by atoms with Crippen LogP contribution in [0.1, 0.15) is 24.1 Å². The molecule has 0 bridgehead atoms. The summed E-state index contributed by atoms with van der Waals surface area (Å²) in [5.74, 6) is 0.786. The van der Waals surface area contributed by atoms with Gasteiger partial charge in [0.05, 0.1) is 12.6 Å². The molecule has 4 heteroatoms. The van der Waals surface area contributed by atoms with E-state index in [9.17, 15) is 5.11 Å². The van der Waals surface area contributed by atoms with Crippen LogP contribution >= 0.6 is 0 Å². The third-order valence-electron chi connectivity index (χ3n) is 3.54. The number of pyridine rings is 1. The molecule has 1 aromatic heterocycles. The molecular formula is C14H16N2O2. The summed E-state index contributed by atoms with van der Waals surface area (Å²) in [6.07, 6.45) is 2.31. The number of hydrogen-bond acceptors (Lipinski definition) is 4. The molecule has 1 atom stereocenters. The van der Waals surface area contributed by atoms with Gasteiger partial charge in [0.2, 0.25) is 0 Å². The molecule has 0 saturated heterocycles. The maximum atomic E-state index is 10.2. The fourth-order valence-electron chi connectivity index (χ4n) is 2.54. The molecule has 0 aliphatic heterocycles. The number of fused-ring (bicyclic) bond motifs is 2. The van der Waals surface area contributed by atoms with E-state index in [1.807, 2.05) is 24.3 Å². The van der Waals surface area contributed by atoms with Crippen molar-refractivity contribution in [3.05, 3.63) is 35.5 Å². The molecule has 1 aromatic carbocycles. The van der Waals surface area contributed by atoms with Crippen LogP contribution in [0.15, 0.2) is 24.3 Å². The third kappa shape index (κ3) is 1.74. The molecule has 1 aliphatic rings. The summed E-state index contributed by atoms with van der Waals surface area (Å²) < 4.78 is 5.19. The van der Waals surface area contributed by atoms with Crippen LogP contribution in [-0.4, -0.2) is 17.2 Å². The average Bonchev–Trinajstić information content (AvgIpc) is 2.36. The van der Waals surface area contributed by atoms with Gasteiger partial charge in [-0.3, -0.25) is 10.7 Å². The number of ether oxygens (including phenoxy) is 1. The molecule has 0 amide bonds. The van der Waals surface area contributed by atoms with Crippen molar-refractivity contribution in [1.29, 1.82) is 0 Å². The van der Waals surface area contributed by atoms with Gasteiger partial charge in [-0.25, -0.2) is 0 Å². The van der Waals surface area contributed by atoms with Crippen LogP contribution in [0, 0.1) is 0 Å². The van der Waals surface area contributed by atoms with Crippen LogP contribution in [0.3, 0.4) is 0 Å². The highest BCUT2D eigenvalue weighted by Gasteiger charge is 2.31. The largest absolute Gasteiger partial charge is 0.497 e. The van der Waals surface area contributed by atoms with Gasteiger partial charge in [-0.1, -0.05) is 0 Å². The van der Waals surface area contributed by atoms with Gasteiger partial charge < -0.3 is 9.84 Å². The average molecular weight is 244 g/mol. The Balaban J connectivity index is 2.23. The lowest BCUT2D eigenvalue weighted by Gasteiger charge is -2.30. The zero-order chi connectivity index (χ0) is 12.8. The quantitative estimate of drug-likeness (QED) is 0.749. The van der Waals surface area contributed by atoms with E-state index in [1.165, 1.54) is 0 Å². The summed E-state index contributed by atoms with van der Waals surface area (Å²) in [4.78, 5) is 4.60. The smallest absolute Gasteiger partial charge is 0.141 e. The van der Waals surface area contributed by atoms with E-state index < -0.39 is 5.72 Å². The molecule has 0 radical (unpaired) electrons. The van der Waals surface area contributed by atoms with Crippen molar-refractivity contribution in [1.82, 2.24) is 4.98 Å². The van der Waals surface area contributed by atoms with Gasteiger partial charge in [0.25, 0.3) is 0 Å². The van der Waals surface area contributed by atoms with Crippen molar-refractivity contribution in [2.24, 2.45) is 5.73 Å². The highest BCUT2D eigenvalue weighted by Crippen LogP contribution is 2.33. The molecule has 3 rings (SSSR count). The first-order valence-corrected chi connectivity index (χ1v) is 6.09. The zero-order valence-electron chi connectivity index (χ0n) is 10.3. The summed E-state index contributed by atoms with van der Waals surface area (Å²) in [5.41, 5.74) is 7.22. The third-order valence-corrected chi connectivity index (χ3v) is 3.54. The Labute approximate surface area is 105 Å². The van der Waals surface area contributed by atoms with Gasteiger partial charge in [-0.05, 0) is 37.5 Å². The van der Waals surface area contributed by atoms with E-state index in [4.69, 9.17) is 10.5 Å². The van der Waals surface area contributed by atoms with Gasteiger partial charge in [0.15, 0.2) is 0 Å². The molecule has 0 fully saturated rings. The molecule has 1 heterocycles. The number of nitrogens with two attached hydrogens (primary N) is 1.